The summed E-state index contributed by atoms with van der Waals surface area (Å²) in [6.45, 7) is 6.38. The molecule has 0 amide bonds. The SMILES string of the molecule is C=CC(=O)OCCOc1ccc(OCC)c2ccccc12. The van der Waals surface area contributed by atoms with Crippen molar-refractivity contribution in [3.05, 3.63) is 49.1 Å². The maximum atomic E-state index is 10.9. The minimum Gasteiger partial charge on any atom is -0.493 e. The van der Waals surface area contributed by atoms with Crippen molar-refractivity contribution >= 4 is 16.7 Å². The lowest BCUT2D eigenvalue weighted by Crippen LogP contribution is -2.10. The lowest BCUT2D eigenvalue weighted by atomic mass is 10.1. The molecule has 0 N–H and O–H groups in total. The van der Waals surface area contributed by atoms with E-state index < -0.39 is 5.97 Å². The average Bonchev–Trinajstić information content (AvgIpc) is 2.53. The van der Waals surface area contributed by atoms with Crippen LogP contribution in [0.5, 0.6) is 11.5 Å². The van der Waals surface area contributed by atoms with Crippen LogP contribution in [0.15, 0.2) is 49.1 Å². The van der Waals surface area contributed by atoms with Crippen LogP contribution in [0.3, 0.4) is 0 Å². The second-order valence-corrected chi connectivity index (χ2v) is 4.26. The highest BCUT2D eigenvalue weighted by atomic mass is 16.6. The van der Waals surface area contributed by atoms with E-state index >= 15 is 0 Å². The van der Waals surface area contributed by atoms with E-state index in [4.69, 9.17) is 14.2 Å². The predicted molar refractivity (Wildman–Crippen MR) is 81.8 cm³/mol. The second-order valence-electron chi connectivity index (χ2n) is 4.26. The van der Waals surface area contributed by atoms with Gasteiger partial charge in [-0.1, -0.05) is 30.8 Å². The summed E-state index contributed by atoms with van der Waals surface area (Å²) in [5, 5.41) is 1.97. The minimum absolute atomic E-state index is 0.187. The Hall–Kier alpha value is -2.49. The smallest absolute Gasteiger partial charge is 0.330 e. The summed E-state index contributed by atoms with van der Waals surface area (Å²) in [7, 11) is 0. The van der Waals surface area contributed by atoms with E-state index in [1.165, 1.54) is 0 Å². The molecule has 0 heterocycles. The van der Waals surface area contributed by atoms with Gasteiger partial charge in [-0.2, -0.15) is 0 Å². The molecule has 110 valence electrons. The molecule has 0 saturated carbocycles. The quantitative estimate of drug-likeness (QED) is 0.445. The Labute approximate surface area is 123 Å². The molecular formula is C17H18O4. The van der Waals surface area contributed by atoms with Crippen molar-refractivity contribution in [1.29, 1.82) is 0 Å². The van der Waals surface area contributed by atoms with E-state index in [1.54, 1.807) is 0 Å². The molecule has 0 fully saturated rings. The first-order valence-corrected chi connectivity index (χ1v) is 6.82. The monoisotopic (exact) mass is 286 g/mol. The Morgan fingerprint density at radius 2 is 1.67 bits per heavy atom. The van der Waals surface area contributed by atoms with E-state index in [0.29, 0.717) is 6.61 Å². The Balaban J connectivity index is 2.11. The summed E-state index contributed by atoms with van der Waals surface area (Å²) in [6, 6.07) is 11.6. The highest BCUT2D eigenvalue weighted by molar-refractivity contribution is 5.93. The molecule has 0 aliphatic rings. The standard InChI is InChI=1S/C17H18O4/c1-3-17(18)21-12-11-20-16-10-9-15(19-4-2)13-7-5-6-8-14(13)16/h3,5-10H,1,4,11-12H2,2H3. The molecule has 0 bridgehead atoms. The van der Waals surface area contributed by atoms with Gasteiger partial charge in [0.2, 0.25) is 0 Å². The maximum Gasteiger partial charge on any atom is 0.330 e. The van der Waals surface area contributed by atoms with Gasteiger partial charge in [-0.15, -0.1) is 0 Å². The summed E-state index contributed by atoms with van der Waals surface area (Å²) in [6.07, 6.45) is 1.13. The van der Waals surface area contributed by atoms with Crippen molar-refractivity contribution in [2.24, 2.45) is 0 Å². The van der Waals surface area contributed by atoms with Crippen LogP contribution in [-0.2, 0) is 9.53 Å². The first-order valence-electron chi connectivity index (χ1n) is 6.82. The van der Waals surface area contributed by atoms with Crippen molar-refractivity contribution in [2.75, 3.05) is 19.8 Å². The Morgan fingerprint density at radius 1 is 1.05 bits per heavy atom. The third-order valence-electron chi connectivity index (χ3n) is 2.90. The lowest BCUT2D eigenvalue weighted by Gasteiger charge is -2.12. The summed E-state index contributed by atoms with van der Waals surface area (Å²) >= 11 is 0. The first-order chi connectivity index (χ1) is 10.3. The van der Waals surface area contributed by atoms with E-state index in [9.17, 15) is 4.79 Å². The number of rotatable bonds is 7. The van der Waals surface area contributed by atoms with Gasteiger partial charge < -0.3 is 14.2 Å². The van der Waals surface area contributed by atoms with Crippen LogP contribution in [0.2, 0.25) is 0 Å². The highest BCUT2D eigenvalue weighted by Gasteiger charge is 2.07. The van der Waals surface area contributed by atoms with Crippen molar-refractivity contribution in [1.82, 2.24) is 0 Å². The Bertz CT molecular complexity index is 634. The third-order valence-corrected chi connectivity index (χ3v) is 2.90. The summed E-state index contributed by atoms with van der Waals surface area (Å²) in [5.41, 5.74) is 0. The average molecular weight is 286 g/mol. The topological polar surface area (TPSA) is 44.8 Å². The molecule has 4 heteroatoms. The van der Waals surface area contributed by atoms with Gasteiger partial charge in [-0.25, -0.2) is 4.79 Å². The number of carbonyl (C=O) groups is 1. The minimum atomic E-state index is -0.449. The van der Waals surface area contributed by atoms with Crippen molar-refractivity contribution in [3.8, 4) is 11.5 Å². The molecule has 0 atom stereocenters. The molecule has 21 heavy (non-hydrogen) atoms. The maximum absolute atomic E-state index is 10.9. The molecule has 0 aromatic heterocycles. The van der Waals surface area contributed by atoms with Crippen LogP contribution in [0, 0.1) is 0 Å². The van der Waals surface area contributed by atoms with E-state index in [0.717, 1.165) is 28.3 Å². The fourth-order valence-corrected chi connectivity index (χ4v) is 2.00. The molecular weight excluding hydrogens is 268 g/mol. The van der Waals surface area contributed by atoms with Crippen LogP contribution in [-0.4, -0.2) is 25.8 Å². The van der Waals surface area contributed by atoms with Gasteiger partial charge in [0.25, 0.3) is 0 Å². The Morgan fingerprint density at radius 3 is 2.24 bits per heavy atom. The summed E-state index contributed by atoms with van der Waals surface area (Å²) in [5.74, 6) is 1.12. The fraction of sp³-hybridized carbons (Fsp3) is 0.235. The molecule has 0 spiro atoms. The zero-order chi connectivity index (χ0) is 15.1. The van der Waals surface area contributed by atoms with Crippen molar-refractivity contribution < 1.29 is 19.0 Å². The van der Waals surface area contributed by atoms with Crippen LogP contribution in [0.4, 0.5) is 0 Å². The number of benzene rings is 2. The first kappa shape index (κ1) is 14.9. The number of carbonyl (C=O) groups excluding carboxylic acids is 1. The van der Waals surface area contributed by atoms with Crippen LogP contribution >= 0.6 is 0 Å². The van der Waals surface area contributed by atoms with Crippen molar-refractivity contribution in [2.45, 2.75) is 6.92 Å². The molecule has 4 nitrogen and oxygen atoms in total. The zero-order valence-corrected chi connectivity index (χ0v) is 12.0. The van der Waals surface area contributed by atoms with Crippen LogP contribution < -0.4 is 9.47 Å². The van der Waals surface area contributed by atoms with Gasteiger partial charge in [0.15, 0.2) is 0 Å². The largest absolute Gasteiger partial charge is 0.493 e. The molecule has 0 radical (unpaired) electrons. The van der Waals surface area contributed by atoms with Gasteiger partial charge in [0, 0.05) is 16.8 Å². The summed E-state index contributed by atoms with van der Waals surface area (Å²) in [4.78, 5) is 10.9. The summed E-state index contributed by atoms with van der Waals surface area (Å²) < 4.78 is 16.2. The zero-order valence-electron chi connectivity index (χ0n) is 12.0. The van der Waals surface area contributed by atoms with Gasteiger partial charge in [0.1, 0.15) is 24.7 Å². The van der Waals surface area contributed by atoms with Crippen molar-refractivity contribution in [3.63, 3.8) is 0 Å². The molecule has 0 saturated heterocycles. The van der Waals surface area contributed by atoms with Gasteiger partial charge in [0.05, 0.1) is 6.61 Å². The van der Waals surface area contributed by atoms with Crippen LogP contribution in [0.25, 0.3) is 10.8 Å². The molecule has 0 unspecified atom stereocenters. The van der Waals surface area contributed by atoms with Gasteiger partial charge >= 0.3 is 5.97 Å². The number of fused-ring (bicyclic) bond motifs is 1. The molecule has 2 rings (SSSR count). The molecule has 0 aliphatic carbocycles. The lowest BCUT2D eigenvalue weighted by molar-refractivity contribution is -0.138. The number of hydrogen-bond donors (Lipinski definition) is 0. The molecule has 2 aromatic rings. The highest BCUT2D eigenvalue weighted by Crippen LogP contribution is 2.33. The number of ether oxygens (including phenoxy) is 3. The second kappa shape index (κ2) is 7.33. The Kier molecular flexibility index (Phi) is 5.21. The predicted octanol–water partition coefficient (Wildman–Crippen LogP) is 3.35. The molecule has 0 aliphatic heterocycles. The third kappa shape index (κ3) is 3.75. The number of esters is 1. The van der Waals surface area contributed by atoms with Gasteiger partial charge in [-0.3, -0.25) is 0 Å². The van der Waals surface area contributed by atoms with Gasteiger partial charge in [-0.05, 0) is 19.1 Å². The van der Waals surface area contributed by atoms with E-state index in [2.05, 4.69) is 6.58 Å². The number of hydrogen-bond acceptors (Lipinski definition) is 4. The fourth-order valence-electron chi connectivity index (χ4n) is 2.00. The normalized spacial score (nSPS) is 10.1. The van der Waals surface area contributed by atoms with Crippen LogP contribution in [0.1, 0.15) is 6.92 Å². The molecule has 2 aromatic carbocycles. The van der Waals surface area contributed by atoms with E-state index in [1.807, 2.05) is 43.3 Å². The van der Waals surface area contributed by atoms with E-state index in [-0.39, 0.29) is 13.2 Å².